The molecular weight excluding hydrogens is 360 g/mol. The molecule has 0 bridgehead atoms. The van der Waals surface area contributed by atoms with Gasteiger partial charge in [-0.15, -0.1) is 0 Å². The topological polar surface area (TPSA) is 97.7 Å². The summed E-state index contributed by atoms with van der Waals surface area (Å²) in [5.74, 6) is -0.0596. The van der Waals surface area contributed by atoms with E-state index in [2.05, 4.69) is 11.4 Å². The summed E-state index contributed by atoms with van der Waals surface area (Å²) in [4.78, 5) is 23.7. The largest absolute Gasteiger partial charge is 0.454 e. The van der Waals surface area contributed by atoms with Gasteiger partial charge in [-0.25, -0.2) is 4.79 Å². The Hall–Kier alpha value is -2.72. The van der Waals surface area contributed by atoms with Gasteiger partial charge in [0, 0.05) is 6.08 Å². The molecule has 2 aliphatic rings. The highest BCUT2D eigenvalue weighted by molar-refractivity contribution is 6.32. The zero-order valence-corrected chi connectivity index (χ0v) is 14.8. The van der Waals surface area contributed by atoms with Gasteiger partial charge >= 0.3 is 5.97 Å². The number of halogens is 1. The van der Waals surface area contributed by atoms with Crippen LogP contribution in [0, 0.1) is 17.2 Å². The van der Waals surface area contributed by atoms with Gasteiger partial charge in [0.2, 0.25) is 6.79 Å². The number of nitrogens with one attached hydrogen (secondary N) is 1. The van der Waals surface area contributed by atoms with E-state index < -0.39 is 24.0 Å². The SMILES string of the molecule is C[C@](C#N)(NC(=O)COC(=O)/C=C/c1cc(Cl)c2c(c1)OCO2)C1CC1. The fourth-order valence-corrected chi connectivity index (χ4v) is 2.91. The normalized spacial score (nSPS) is 17.4. The van der Waals surface area contributed by atoms with Crippen molar-refractivity contribution in [3.05, 3.63) is 28.8 Å². The highest BCUT2D eigenvalue weighted by Crippen LogP contribution is 2.40. The third-order valence-corrected chi connectivity index (χ3v) is 4.51. The van der Waals surface area contributed by atoms with Gasteiger partial charge < -0.3 is 19.5 Å². The van der Waals surface area contributed by atoms with E-state index in [1.807, 2.05) is 0 Å². The Morgan fingerprint density at radius 2 is 2.23 bits per heavy atom. The lowest BCUT2D eigenvalue weighted by atomic mass is 9.98. The molecule has 0 saturated heterocycles. The molecule has 1 aromatic rings. The smallest absolute Gasteiger partial charge is 0.331 e. The number of nitriles is 1. The van der Waals surface area contributed by atoms with Crippen molar-refractivity contribution in [2.75, 3.05) is 13.4 Å². The van der Waals surface area contributed by atoms with Crippen molar-refractivity contribution in [2.24, 2.45) is 5.92 Å². The first-order chi connectivity index (χ1) is 12.4. The lowest BCUT2D eigenvalue weighted by Crippen LogP contribution is -2.48. The van der Waals surface area contributed by atoms with Crippen molar-refractivity contribution in [1.29, 1.82) is 5.26 Å². The van der Waals surface area contributed by atoms with E-state index in [4.69, 9.17) is 25.8 Å². The minimum absolute atomic E-state index is 0.0991. The Morgan fingerprint density at radius 1 is 1.46 bits per heavy atom. The minimum atomic E-state index is -0.914. The summed E-state index contributed by atoms with van der Waals surface area (Å²) in [6.45, 7) is 1.32. The van der Waals surface area contributed by atoms with Crippen LogP contribution in [0.25, 0.3) is 6.08 Å². The maximum atomic E-state index is 11.9. The molecule has 0 spiro atoms. The molecule has 0 radical (unpaired) electrons. The van der Waals surface area contributed by atoms with E-state index in [1.54, 1.807) is 19.1 Å². The van der Waals surface area contributed by atoms with Gasteiger partial charge in [0.25, 0.3) is 5.91 Å². The lowest BCUT2D eigenvalue weighted by Gasteiger charge is -2.22. The molecular formula is C18H17ClN2O5. The Bertz CT molecular complexity index is 813. The number of esters is 1. The summed E-state index contributed by atoms with van der Waals surface area (Å²) in [5, 5.41) is 12.2. The van der Waals surface area contributed by atoms with Gasteiger partial charge in [-0.2, -0.15) is 5.26 Å². The van der Waals surface area contributed by atoms with Crippen molar-refractivity contribution >= 4 is 29.6 Å². The molecule has 1 aliphatic heterocycles. The molecule has 1 aliphatic carbocycles. The van der Waals surface area contributed by atoms with Crippen LogP contribution in [0.3, 0.4) is 0 Å². The quantitative estimate of drug-likeness (QED) is 0.605. The molecule has 7 nitrogen and oxygen atoms in total. The summed E-state index contributed by atoms with van der Waals surface area (Å²) in [5.41, 5.74) is -0.283. The van der Waals surface area contributed by atoms with Crippen LogP contribution < -0.4 is 14.8 Å². The van der Waals surface area contributed by atoms with Crippen LogP contribution in [0.1, 0.15) is 25.3 Å². The Labute approximate surface area is 155 Å². The molecule has 1 aromatic carbocycles. The van der Waals surface area contributed by atoms with Gasteiger partial charge in [0.05, 0.1) is 11.1 Å². The van der Waals surface area contributed by atoms with Gasteiger partial charge in [-0.1, -0.05) is 11.6 Å². The number of fused-ring (bicyclic) bond motifs is 1. The molecule has 3 rings (SSSR count). The summed E-state index contributed by atoms with van der Waals surface area (Å²) < 4.78 is 15.4. The molecule has 8 heteroatoms. The Balaban J connectivity index is 1.51. The summed E-state index contributed by atoms with van der Waals surface area (Å²) >= 11 is 6.06. The number of nitrogens with zero attached hydrogens (tertiary/aromatic N) is 1. The fraction of sp³-hybridized carbons (Fsp3) is 0.389. The number of amides is 1. The average Bonchev–Trinajstić information content (AvgIpc) is 3.37. The highest BCUT2D eigenvalue weighted by atomic mass is 35.5. The molecule has 26 heavy (non-hydrogen) atoms. The predicted molar refractivity (Wildman–Crippen MR) is 92.5 cm³/mol. The monoisotopic (exact) mass is 376 g/mol. The van der Waals surface area contributed by atoms with E-state index in [0.29, 0.717) is 22.1 Å². The zero-order chi connectivity index (χ0) is 18.7. The second kappa shape index (κ2) is 7.26. The van der Waals surface area contributed by atoms with Crippen molar-refractivity contribution in [2.45, 2.75) is 25.3 Å². The van der Waals surface area contributed by atoms with E-state index >= 15 is 0 Å². The minimum Gasteiger partial charge on any atom is -0.454 e. The average molecular weight is 377 g/mol. The third-order valence-electron chi connectivity index (χ3n) is 4.23. The second-order valence-corrected chi connectivity index (χ2v) is 6.72. The molecule has 0 aromatic heterocycles. The molecule has 1 saturated carbocycles. The van der Waals surface area contributed by atoms with Crippen LogP contribution in [0.15, 0.2) is 18.2 Å². The third kappa shape index (κ3) is 4.09. The number of carbonyl (C=O) groups is 2. The maximum absolute atomic E-state index is 11.9. The standard InChI is InChI=1S/C18H17ClN2O5/c1-18(9-20,12-3-4-12)21-15(22)8-24-16(23)5-2-11-6-13(19)17-14(7-11)25-10-26-17/h2,5-7,12H,3-4,8,10H2,1H3,(H,21,22)/b5-2+/t18-/m1/s1. The Morgan fingerprint density at radius 3 is 2.92 bits per heavy atom. The number of hydrogen-bond donors (Lipinski definition) is 1. The van der Waals surface area contributed by atoms with Crippen molar-refractivity contribution < 1.29 is 23.8 Å². The van der Waals surface area contributed by atoms with Crippen molar-refractivity contribution in [3.63, 3.8) is 0 Å². The Kier molecular flexibility index (Phi) is 5.05. The van der Waals surface area contributed by atoms with E-state index in [9.17, 15) is 14.9 Å². The van der Waals surface area contributed by atoms with Crippen LogP contribution >= 0.6 is 11.6 Å². The molecule has 0 unspecified atom stereocenters. The van der Waals surface area contributed by atoms with Crippen LogP contribution in [0.5, 0.6) is 11.5 Å². The molecule has 136 valence electrons. The maximum Gasteiger partial charge on any atom is 0.331 e. The summed E-state index contributed by atoms with van der Waals surface area (Å²) in [6.07, 6.45) is 4.50. The molecule has 1 heterocycles. The van der Waals surface area contributed by atoms with Crippen molar-refractivity contribution in [3.8, 4) is 17.6 Å². The van der Waals surface area contributed by atoms with E-state index in [1.165, 1.54) is 12.2 Å². The number of carbonyl (C=O) groups excluding carboxylic acids is 2. The number of hydrogen-bond acceptors (Lipinski definition) is 6. The number of benzene rings is 1. The van der Waals surface area contributed by atoms with Crippen LogP contribution in [-0.2, 0) is 14.3 Å². The van der Waals surface area contributed by atoms with Gasteiger partial charge in [-0.3, -0.25) is 4.79 Å². The number of rotatable bonds is 6. The first-order valence-corrected chi connectivity index (χ1v) is 8.45. The molecule has 1 N–H and O–H groups in total. The van der Waals surface area contributed by atoms with E-state index in [0.717, 1.165) is 12.8 Å². The summed E-state index contributed by atoms with van der Waals surface area (Å²) in [7, 11) is 0. The van der Waals surface area contributed by atoms with Crippen LogP contribution in [0.2, 0.25) is 5.02 Å². The highest BCUT2D eigenvalue weighted by Gasteiger charge is 2.43. The molecule has 1 fully saturated rings. The summed E-state index contributed by atoms with van der Waals surface area (Å²) in [6, 6.07) is 5.41. The van der Waals surface area contributed by atoms with Crippen LogP contribution in [0.4, 0.5) is 0 Å². The van der Waals surface area contributed by atoms with Gasteiger partial charge in [0.1, 0.15) is 5.54 Å². The first-order valence-electron chi connectivity index (χ1n) is 8.07. The lowest BCUT2D eigenvalue weighted by molar-refractivity contribution is -0.144. The number of ether oxygens (including phenoxy) is 3. The van der Waals surface area contributed by atoms with Gasteiger partial charge in [-0.05, 0) is 49.5 Å². The van der Waals surface area contributed by atoms with Crippen LogP contribution in [-0.4, -0.2) is 30.8 Å². The molecule has 1 atom stereocenters. The molecule has 1 amide bonds. The predicted octanol–water partition coefficient (Wildman–Crippen LogP) is 2.43. The zero-order valence-electron chi connectivity index (χ0n) is 14.1. The second-order valence-electron chi connectivity index (χ2n) is 6.31. The first kappa shape index (κ1) is 18.1. The van der Waals surface area contributed by atoms with E-state index in [-0.39, 0.29) is 12.7 Å². The van der Waals surface area contributed by atoms with Gasteiger partial charge in [0.15, 0.2) is 18.1 Å². The van der Waals surface area contributed by atoms with Crippen molar-refractivity contribution in [1.82, 2.24) is 5.32 Å². The fourth-order valence-electron chi connectivity index (χ4n) is 2.64.